The molecule has 3 aromatic carbocycles. The molecule has 0 aliphatic carbocycles. The lowest BCUT2D eigenvalue weighted by Crippen LogP contribution is -2.47. The summed E-state index contributed by atoms with van der Waals surface area (Å²) in [6, 6.07) is 22.9. The van der Waals surface area contributed by atoms with Crippen LogP contribution in [0, 0.1) is 0 Å². The Labute approximate surface area is 205 Å². The van der Waals surface area contributed by atoms with Crippen molar-refractivity contribution in [3.05, 3.63) is 95.1 Å². The second-order valence-corrected chi connectivity index (χ2v) is 9.02. The van der Waals surface area contributed by atoms with Crippen LogP contribution in [0.3, 0.4) is 0 Å². The molecule has 35 heavy (non-hydrogen) atoms. The molecule has 0 aromatic heterocycles. The largest absolute Gasteiger partial charge is 0.493 e. The summed E-state index contributed by atoms with van der Waals surface area (Å²) in [5.74, 6) is 1.16. The van der Waals surface area contributed by atoms with Gasteiger partial charge in [0.15, 0.2) is 17.0 Å². The molecule has 0 unspecified atom stereocenters. The highest BCUT2D eigenvalue weighted by Crippen LogP contribution is 2.35. The van der Waals surface area contributed by atoms with Gasteiger partial charge in [0.1, 0.15) is 0 Å². The zero-order valence-electron chi connectivity index (χ0n) is 20.0. The zero-order valence-corrected chi connectivity index (χ0v) is 20.0. The van der Waals surface area contributed by atoms with Crippen molar-refractivity contribution in [3.63, 3.8) is 0 Å². The van der Waals surface area contributed by atoms with Crippen LogP contribution in [0.5, 0.6) is 11.5 Å². The number of carbonyl (C=O) groups is 2. The number of benzene rings is 3. The first-order chi connectivity index (χ1) is 17.0. The van der Waals surface area contributed by atoms with E-state index in [4.69, 9.17) is 9.47 Å². The summed E-state index contributed by atoms with van der Waals surface area (Å²) in [6.07, 6.45) is 1.19. The second-order valence-electron chi connectivity index (χ2n) is 9.02. The van der Waals surface area contributed by atoms with Gasteiger partial charge in [0, 0.05) is 19.5 Å². The zero-order chi connectivity index (χ0) is 24.4. The first kappa shape index (κ1) is 22.9. The molecule has 0 bridgehead atoms. The number of amides is 3. The Hall–Kier alpha value is -3.84. The molecule has 1 atom stereocenters. The molecule has 0 spiro atoms. The number of imide groups is 1. The van der Waals surface area contributed by atoms with Crippen molar-refractivity contribution < 1.29 is 19.1 Å². The maximum absolute atomic E-state index is 13.9. The van der Waals surface area contributed by atoms with E-state index < -0.39 is 5.54 Å². The molecule has 1 fully saturated rings. The van der Waals surface area contributed by atoms with E-state index in [1.807, 2.05) is 72.8 Å². The van der Waals surface area contributed by atoms with Crippen molar-refractivity contribution in [2.75, 3.05) is 27.4 Å². The lowest BCUT2D eigenvalue weighted by Gasteiger charge is -2.32. The van der Waals surface area contributed by atoms with Crippen molar-refractivity contribution in [1.82, 2.24) is 15.1 Å². The first-order valence-corrected chi connectivity index (χ1v) is 11.7. The third-order valence-electron chi connectivity index (χ3n) is 6.89. The number of carbonyl (C=O) groups excluding carboxylic acids is 2. The fourth-order valence-corrected chi connectivity index (χ4v) is 5.06. The average molecular weight is 472 g/mol. The Bertz CT molecular complexity index is 1230. The molecule has 3 aromatic rings. The van der Waals surface area contributed by atoms with E-state index in [0.717, 1.165) is 29.7 Å². The number of ether oxygens (including phenoxy) is 2. The van der Waals surface area contributed by atoms with Crippen LogP contribution in [0.1, 0.15) is 22.3 Å². The highest BCUT2D eigenvalue weighted by molar-refractivity contribution is 6.07. The van der Waals surface area contributed by atoms with Crippen molar-refractivity contribution in [1.29, 1.82) is 0 Å². The molecule has 0 saturated carbocycles. The predicted molar refractivity (Wildman–Crippen MR) is 132 cm³/mol. The van der Waals surface area contributed by atoms with Gasteiger partial charge in [-0.15, -0.1) is 0 Å². The molecule has 5 rings (SSSR count). The lowest BCUT2D eigenvalue weighted by molar-refractivity contribution is -0.133. The third-order valence-corrected chi connectivity index (χ3v) is 6.89. The van der Waals surface area contributed by atoms with Crippen LogP contribution in [0.15, 0.2) is 72.8 Å². The summed E-state index contributed by atoms with van der Waals surface area (Å²) in [5, 5.41) is 3.05. The minimum absolute atomic E-state index is 0.224. The van der Waals surface area contributed by atoms with Gasteiger partial charge >= 0.3 is 6.03 Å². The third kappa shape index (κ3) is 4.23. The van der Waals surface area contributed by atoms with Crippen molar-refractivity contribution >= 4 is 11.9 Å². The van der Waals surface area contributed by atoms with Gasteiger partial charge in [0.25, 0.3) is 5.91 Å². The van der Waals surface area contributed by atoms with E-state index in [1.54, 1.807) is 14.2 Å². The molecular weight excluding hydrogens is 442 g/mol. The number of rotatable bonds is 7. The van der Waals surface area contributed by atoms with Crippen LogP contribution in [0.2, 0.25) is 0 Å². The summed E-state index contributed by atoms with van der Waals surface area (Å²) in [6.45, 7) is 1.57. The minimum atomic E-state index is -1.13. The number of fused-ring (bicyclic) bond motifs is 1. The topological polar surface area (TPSA) is 71.1 Å². The number of methoxy groups -OCH3 is 2. The van der Waals surface area contributed by atoms with E-state index in [9.17, 15) is 9.59 Å². The minimum Gasteiger partial charge on any atom is -0.493 e. The average Bonchev–Trinajstić information content (AvgIpc) is 3.13. The summed E-state index contributed by atoms with van der Waals surface area (Å²) in [4.78, 5) is 30.6. The molecule has 7 heteroatoms. The number of nitrogens with zero attached hydrogens (tertiary/aromatic N) is 2. The van der Waals surface area contributed by atoms with E-state index in [0.29, 0.717) is 24.5 Å². The van der Waals surface area contributed by atoms with E-state index >= 15 is 0 Å². The molecular formula is C28H29N3O4. The van der Waals surface area contributed by atoms with Gasteiger partial charge in [-0.2, -0.15) is 0 Å². The first-order valence-electron chi connectivity index (χ1n) is 11.7. The number of hydrogen-bond acceptors (Lipinski definition) is 5. The summed E-state index contributed by atoms with van der Waals surface area (Å²) in [5.41, 5.74) is 2.94. The van der Waals surface area contributed by atoms with Crippen LogP contribution in [0.25, 0.3) is 0 Å². The van der Waals surface area contributed by atoms with Gasteiger partial charge in [0.05, 0.1) is 20.9 Å². The molecule has 0 radical (unpaired) electrons. The van der Waals surface area contributed by atoms with E-state index in [1.165, 1.54) is 10.5 Å². The van der Waals surface area contributed by atoms with Crippen LogP contribution in [0.4, 0.5) is 4.79 Å². The maximum atomic E-state index is 13.9. The van der Waals surface area contributed by atoms with E-state index in [2.05, 4.69) is 10.2 Å². The molecule has 1 N–H and O–H groups in total. The highest BCUT2D eigenvalue weighted by Gasteiger charge is 2.52. The number of hydrogen-bond donors (Lipinski definition) is 1. The molecule has 3 amide bonds. The van der Waals surface area contributed by atoms with Crippen LogP contribution in [-0.2, 0) is 29.7 Å². The van der Waals surface area contributed by atoms with Crippen molar-refractivity contribution in [3.8, 4) is 11.5 Å². The van der Waals surface area contributed by atoms with Crippen LogP contribution < -0.4 is 14.8 Å². The molecule has 2 heterocycles. The Morgan fingerprint density at radius 3 is 2.17 bits per heavy atom. The highest BCUT2D eigenvalue weighted by atomic mass is 16.5. The van der Waals surface area contributed by atoms with Gasteiger partial charge in [-0.3, -0.25) is 9.69 Å². The maximum Gasteiger partial charge on any atom is 0.326 e. The van der Waals surface area contributed by atoms with Gasteiger partial charge in [-0.1, -0.05) is 60.7 Å². The van der Waals surface area contributed by atoms with Crippen LogP contribution >= 0.6 is 0 Å². The number of urea groups is 1. The van der Waals surface area contributed by atoms with Gasteiger partial charge < -0.3 is 14.8 Å². The lowest BCUT2D eigenvalue weighted by atomic mass is 9.83. The molecule has 1 saturated heterocycles. The molecule has 2 aliphatic rings. The summed E-state index contributed by atoms with van der Waals surface area (Å²) < 4.78 is 10.9. The standard InChI is InChI=1S/C28H29N3O4/c1-34-24-15-21-13-14-30(18-22(21)16-25(24)35-2)19-31-26(32)28(29-27(31)33,23-11-7-4-8-12-23)17-20-9-5-3-6-10-20/h3-12,15-16H,13-14,17-19H2,1-2H3,(H,29,33)/t28-/m0/s1. The molecule has 7 nitrogen and oxygen atoms in total. The van der Waals surface area contributed by atoms with E-state index in [-0.39, 0.29) is 18.6 Å². The Kier molecular flexibility index (Phi) is 6.17. The fraction of sp³-hybridized carbons (Fsp3) is 0.286. The molecule has 2 aliphatic heterocycles. The number of nitrogens with one attached hydrogen (secondary N) is 1. The fourth-order valence-electron chi connectivity index (χ4n) is 5.06. The van der Waals surface area contributed by atoms with Gasteiger partial charge in [-0.25, -0.2) is 9.69 Å². The van der Waals surface area contributed by atoms with Crippen molar-refractivity contribution in [2.45, 2.75) is 24.9 Å². The smallest absolute Gasteiger partial charge is 0.326 e. The predicted octanol–water partition coefficient (Wildman–Crippen LogP) is 3.71. The van der Waals surface area contributed by atoms with Crippen LogP contribution in [-0.4, -0.2) is 49.2 Å². The normalized spacial score (nSPS) is 19.9. The summed E-state index contributed by atoms with van der Waals surface area (Å²) in [7, 11) is 3.25. The quantitative estimate of drug-likeness (QED) is 0.532. The van der Waals surface area contributed by atoms with Gasteiger partial charge in [0.2, 0.25) is 0 Å². The Balaban J connectivity index is 1.41. The second kappa shape index (κ2) is 9.43. The Morgan fingerprint density at radius 1 is 0.886 bits per heavy atom. The SMILES string of the molecule is COc1cc2c(cc1OC)CN(CN1C(=O)N[C@@](Cc3ccccc3)(c3ccccc3)C1=O)CC2. The molecule has 180 valence electrons. The Morgan fingerprint density at radius 2 is 1.51 bits per heavy atom. The van der Waals surface area contributed by atoms with Crippen molar-refractivity contribution in [2.24, 2.45) is 0 Å². The summed E-state index contributed by atoms with van der Waals surface area (Å²) >= 11 is 0. The monoisotopic (exact) mass is 471 g/mol. The van der Waals surface area contributed by atoms with Gasteiger partial charge in [-0.05, 0) is 40.8 Å².